The van der Waals surface area contributed by atoms with Crippen LogP contribution in [0, 0.1) is 6.92 Å². The van der Waals surface area contributed by atoms with Gasteiger partial charge in [0.1, 0.15) is 0 Å². The molecular formula is C16H19N3O2. The van der Waals surface area contributed by atoms with Gasteiger partial charge in [0.05, 0.1) is 23.5 Å². The minimum absolute atomic E-state index is 0.347. The smallest absolute Gasteiger partial charge is 0.338 e. The number of benzene rings is 1. The van der Waals surface area contributed by atoms with E-state index in [1.54, 1.807) is 31.3 Å². The standard InChI is InChI=1S/C16H19N3O2/c1-3-21-16(20)12-4-5-14(17)15(8-12)19-10-13-6-7-18-9-11(13)2/h4-9,19H,3,10,17H2,1-2H3. The van der Waals surface area contributed by atoms with Crippen molar-refractivity contribution < 1.29 is 9.53 Å². The van der Waals surface area contributed by atoms with E-state index in [2.05, 4.69) is 10.3 Å². The Morgan fingerprint density at radius 3 is 2.90 bits per heavy atom. The maximum atomic E-state index is 11.7. The Kier molecular flexibility index (Phi) is 4.77. The molecule has 21 heavy (non-hydrogen) atoms. The number of pyridine rings is 1. The van der Waals surface area contributed by atoms with Gasteiger partial charge in [-0.25, -0.2) is 4.79 Å². The van der Waals surface area contributed by atoms with Crippen molar-refractivity contribution in [1.82, 2.24) is 4.98 Å². The minimum Gasteiger partial charge on any atom is -0.462 e. The Labute approximate surface area is 124 Å². The average molecular weight is 285 g/mol. The van der Waals surface area contributed by atoms with Crippen LogP contribution in [-0.2, 0) is 11.3 Å². The minimum atomic E-state index is -0.347. The fourth-order valence-electron chi connectivity index (χ4n) is 1.94. The molecular weight excluding hydrogens is 266 g/mol. The third-order valence-corrected chi connectivity index (χ3v) is 3.17. The van der Waals surface area contributed by atoms with E-state index in [0.29, 0.717) is 24.4 Å². The quantitative estimate of drug-likeness (QED) is 0.652. The van der Waals surface area contributed by atoms with Gasteiger partial charge in [-0.2, -0.15) is 0 Å². The summed E-state index contributed by atoms with van der Waals surface area (Å²) >= 11 is 0. The number of esters is 1. The number of hydrogen-bond acceptors (Lipinski definition) is 5. The van der Waals surface area contributed by atoms with Crippen LogP contribution in [0.4, 0.5) is 11.4 Å². The van der Waals surface area contributed by atoms with E-state index in [9.17, 15) is 4.79 Å². The van der Waals surface area contributed by atoms with Crippen LogP contribution in [0.2, 0.25) is 0 Å². The largest absolute Gasteiger partial charge is 0.462 e. The summed E-state index contributed by atoms with van der Waals surface area (Å²) in [6.07, 6.45) is 3.57. The number of carbonyl (C=O) groups excluding carboxylic acids is 1. The number of ether oxygens (including phenoxy) is 1. The average Bonchev–Trinajstić information content (AvgIpc) is 2.48. The molecule has 1 aromatic heterocycles. The molecule has 2 aromatic rings. The molecule has 0 aliphatic carbocycles. The zero-order valence-corrected chi connectivity index (χ0v) is 12.2. The van der Waals surface area contributed by atoms with Gasteiger partial charge in [0.15, 0.2) is 0 Å². The first-order valence-corrected chi connectivity index (χ1v) is 6.81. The first-order valence-electron chi connectivity index (χ1n) is 6.81. The summed E-state index contributed by atoms with van der Waals surface area (Å²) in [4.78, 5) is 15.8. The van der Waals surface area contributed by atoms with Crippen molar-refractivity contribution >= 4 is 17.3 Å². The Morgan fingerprint density at radius 1 is 1.38 bits per heavy atom. The number of carbonyl (C=O) groups is 1. The van der Waals surface area contributed by atoms with Crippen LogP contribution in [0.5, 0.6) is 0 Å². The number of hydrogen-bond donors (Lipinski definition) is 2. The summed E-state index contributed by atoms with van der Waals surface area (Å²) < 4.78 is 4.99. The van der Waals surface area contributed by atoms with Gasteiger partial charge >= 0.3 is 5.97 Å². The second-order valence-corrected chi connectivity index (χ2v) is 4.68. The third-order valence-electron chi connectivity index (χ3n) is 3.17. The van der Waals surface area contributed by atoms with Crippen molar-refractivity contribution in [2.24, 2.45) is 0 Å². The van der Waals surface area contributed by atoms with Gasteiger partial charge in [0.2, 0.25) is 0 Å². The summed E-state index contributed by atoms with van der Waals surface area (Å²) in [6.45, 7) is 4.75. The Bertz CT molecular complexity index is 641. The van der Waals surface area contributed by atoms with Crippen molar-refractivity contribution in [2.45, 2.75) is 20.4 Å². The number of nitrogens with one attached hydrogen (secondary N) is 1. The number of aryl methyl sites for hydroxylation is 1. The van der Waals surface area contributed by atoms with E-state index in [4.69, 9.17) is 10.5 Å². The van der Waals surface area contributed by atoms with Crippen molar-refractivity contribution in [3.63, 3.8) is 0 Å². The van der Waals surface area contributed by atoms with Gasteiger partial charge in [0.25, 0.3) is 0 Å². The second kappa shape index (κ2) is 6.74. The molecule has 0 atom stereocenters. The van der Waals surface area contributed by atoms with Crippen LogP contribution in [0.3, 0.4) is 0 Å². The van der Waals surface area contributed by atoms with Gasteiger partial charge < -0.3 is 15.8 Å². The molecule has 0 fully saturated rings. The van der Waals surface area contributed by atoms with Gasteiger partial charge in [-0.05, 0) is 49.2 Å². The van der Waals surface area contributed by atoms with Crippen molar-refractivity contribution in [3.05, 3.63) is 53.3 Å². The van der Waals surface area contributed by atoms with Crippen LogP contribution >= 0.6 is 0 Å². The molecule has 2 rings (SSSR count). The van der Waals surface area contributed by atoms with Gasteiger partial charge in [-0.3, -0.25) is 4.98 Å². The highest BCUT2D eigenvalue weighted by molar-refractivity contribution is 5.92. The zero-order chi connectivity index (χ0) is 15.2. The third kappa shape index (κ3) is 3.72. The highest BCUT2D eigenvalue weighted by atomic mass is 16.5. The Balaban J connectivity index is 2.14. The fourth-order valence-corrected chi connectivity index (χ4v) is 1.94. The van der Waals surface area contributed by atoms with E-state index in [0.717, 1.165) is 16.8 Å². The molecule has 5 heteroatoms. The molecule has 0 aliphatic rings. The second-order valence-electron chi connectivity index (χ2n) is 4.68. The predicted molar refractivity (Wildman–Crippen MR) is 83.1 cm³/mol. The molecule has 0 radical (unpaired) electrons. The summed E-state index contributed by atoms with van der Waals surface area (Å²) in [5.74, 6) is -0.347. The maximum Gasteiger partial charge on any atom is 0.338 e. The van der Waals surface area contributed by atoms with E-state index in [-0.39, 0.29) is 5.97 Å². The van der Waals surface area contributed by atoms with Gasteiger partial charge in [-0.15, -0.1) is 0 Å². The predicted octanol–water partition coefficient (Wildman–Crippen LogP) is 2.76. The topological polar surface area (TPSA) is 77.2 Å². The SMILES string of the molecule is CCOC(=O)c1ccc(N)c(NCc2ccncc2C)c1. The molecule has 110 valence electrons. The molecule has 0 saturated heterocycles. The number of nitrogen functional groups attached to an aromatic ring is 1. The lowest BCUT2D eigenvalue weighted by atomic mass is 10.1. The van der Waals surface area contributed by atoms with Crippen molar-refractivity contribution in [3.8, 4) is 0 Å². The van der Waals surface area contributed by atoms with Crippen LogP contribution in [0.25, 0.3) is 0 Å². The normalized spacial score (nSPS) is 10.2. The van der Waals surface area contributed by atoms with Crippen LogP contribution < -0.4 is 11.1 Å². The number of nitrogens with zero attached hydrogens (tertiary/aromatic N) is 1. The summed E-state index contributed by atoms with van der Waals surface area (Å²) in [7, 11) is 0. The lowest BCUT2D eigenvalue weighted by Crippen LogP contribution is -2.08. The number of rotatable bonds is 5. The zero-order valence-electron chi connectivity index (χ0n) is 12.2. The number of aromatic nitrogens is 1. The molecule has 5 nitrogen and oxygen atoms in total. The highest BCUT2D eigenvalue weighted by Gasteiger charge is 2.09. The van der Waals surface area contributed by atoms with Crippen molar-refractivity contribution in [1.29, 1.82) is 0 Å². The maximum absolute atomic E-state index is 11.7. The summed E-state index contributed by atoms with van der Waals surface area (Å²) in [5, 5.41) is 3.25. The molecule has 0 bridgehead atoms. The molecule has 0 saturated carbocycles. The summed E-state index contributed by atoms with van der Waals surface area (Å²) in [5.41, 5.74) is 9.97. The molecule has 0 unspecified atom stereocenters. The van der Waals surface area contributed by atoms with Gasteiger partial charge in [-0.1, -0.05) is 0 Å². The molecule has 3 N–H and O–H groups in total. The summed E-state index contributed by atoms with van der Waals surface area (Å²) in [6, 6.07) is 7.03. The molecule has 0 aliphatic heterocycles. The van der Waals surface area contributed by atoms with E-state index in [1.807, 2.05) is 19.2 Å². The molecule has 0 spiro atoms. The monoisotopic (exact) mass is 285 g/mol. The van der Waals surface area contributed by atoms with Gasteiger partial charge in [0, 0.05) is 18.9 Å². The Morgan fingerprint density at radius 2 is 2.19 bits per heavy atom. The van der Waals surface area contributed by atoms with Crippen LogP contribution in [0.1, 0.15) is 28.4 Å². The first-order chi connectivity index (χ1) is 10.1. The highest BCUT2D eigenvalue weighted by Crippen LogP contribution is 2.21. The number of anilines is 2. The van der Waals surface area contributed by atoms with Crippen LogP contribution in [0.15, 0.2) is 36.7 Å². The molecule has 0 amide bonds. The van der Waals surface area contributed by atoms with E-state index >= 15 is 0 Å². The van der Waals surface area contributed by atoms with E-state index in [1.165, 1.54) is 0 Å². The van der Waals surface area contributed by atoms with Crippen molar-refractivity contribution in [2.75, 3.05) is 17.7 Å². The number of nitrogens with two attached hydrogens (primary N) is 1. The fraction of sp³-hybridized carbons (Fsp3) is 0.250. The first kappa shape index (κ1) is 14.8. The lowest BCUT2D eigenvalue weighted by molar-refractivity contribution is 0.0526. The van der Waals surface area contributed by atoms with E-state index < -0.39 is 0 Å². The molecule has 1 aromatic carbocycles. The molecule has 1 heterocycles. The Hall–Kier alpha value is -2.56. The van der Waals surface area contributed by atoms with Crippen LogP contribution in [-0.4, -0.2) is 17.6 Å². The lowest BCUT2D eigenvalue weighted by Gasteiger charge is -2.12.